The summed E-state index contributed by atoms with van der Waals surface area (Å²) in [6, 6.07) is 10.9. The Kier molecular flexibility index (Phi) is 10.5. The number of amides is 1. The Bertz CT molecular complexity index is 1410. The van der Waals surface area contributed by atoms with Crippen LogP contribution in [-0.4, -0.2) is 17.0 Å². The van der Waals surface area contributed by atoms with Crippen LogP contribution in [0.3, 0.4) is 0 Å². The van der Waals surface area contributed by atoms with Crippen LogP contribution in [0.2, 0.25) is 0 Å². The number of hydrogen-bond acceptors (Lipinski definition) is 3. The molecule has 5 nitrogen and oxygen atoms in total. The number of alkyl halides is 6. The lowest BCUT2D eigenvalue weighted by atomic mass is 9.93. The molecule has 1 unspecified atom stereocenters. The van der Waals surface area contributed by atoms with Crippen LogP contribution in [0.25, 0.3) is 0 Å². The zero-order valence-electron chi connectivity index (χ0n) is 24.1. The van der Waals surface area contributed by atoms with Gasteiger partial charge in [0.05, 0.1) is 17.2 Å². The van der Waals surface area contributed by atoms with Crippen LogP contribution < -0.4 is 10.1 Å². The zero-order valence-corrected chi connectivity index (χ0v) is 24.1. The predicted octanol–water partition coefficient (Wildman–Crippen LogP) is 8.45. The van der Waals surface area contributed by atoms with Gasteiger partial charge in [0.15, 0.2) is 0 Å². The van der Waals surface area contributed by atoms with Gasteiger partial charge in [-0.3, -0.25) is 9.59 Å². The van der Waals surface area contributed by atoms with Gasteiger partial charge >= 0.3 is 18.3 Å². The molecular weight excluding hydrogens is 576 g/mol. The van der Waals surface area contributed by atoms with Crippen molar-refractivity contribution in [1.82, 2.24) is 5.32 Å². The molecule has 0 heterocycles. The molecular formula is C32H33F6NO4. The minimum absolute atomic E-state index is 0.0132. The molecule has 0 saturated carbocycles. The number of rotatable bonds is 11. The van der Waals surface area contributed by atoms with Crippen molar-refractivity contribution in [1.29, 1.82) is 0 Å². The second-order valence-corrected chi connectivity index (χ2v) is 11.0. The van der Waals surface area contributed by atoms with Crippen LogP contribution in [0.4, 0.5) is 26.3 Å². The van der Waals surface area contributed by atoms with E-state index in [0.29, 0.717) is 24.1 Å². The smallest absolute Gasteiger partial charge is 0.416 e. The summed E-state index contributed by atoms with van der Waals surface area (Å²) in [6.45, 7) is 7.26. The van der Waals surface area contributed by atoms with Crippen LogP contribution >= 0.6 is 0 Å². The summed E-state index contributed by atoms with van der Waals surface area (Å²) in [6.07, 6.45) is -9.66. The Morgan fingerprint density at radius 1 is 0.860 bits per heavy atom. The van der Waals surface area contributed by atoms with Crippen molar-refractivity contribution in [3.8, 4) is 5.75 Å². The molecule has 3 aromatic rings. The molecule has 0 aliphatic carbocycles. The lowest BCUT2D eigenvalue weighted by Crippen LogP contribution is -2.30. The lowest BCUT2D eigenvalue weighted by molar-refractivity contribution is -0.143. The zero-order chi connectivity index (χ0) is 32.1. The average molecular weight is 610 g/mol. The van der Waals surface area contributed by atoms with E-state index in [1.54, 1.807) is 0 Å². The van der Waals surface area contributed by atoms with Crippen LogP contribution in [0.15, 0.2) is 54.6 Å². The number of carbonyl (C=O) groups excluding carboxylic acids is 1. The topological polar surface area (TPSA) is 75.6 Å². The first-order chi connectivity index (χ1) is 19.9. The van der Waals surface area contributed by atoms with Gasteiger partial charge in [0.1, 0.15) is 12.4 Å². The predicted molar refractivity (Wildman–Crippen MR) is 149 cm³/mol. The summed E-state index contributed by atoms with van der Waals surface area (Å²) in [7, 11) is 0. The number of carbonyl (C=O) groups is 2. The fraction of sp³-hybridized carbons (Fsp3) is 0.375. The molecule has 0 radical (unpaired) electrons. The van der Waals surface area contributed by atoms with Crippen LogP contribution in [-0.2, 0) is 30.2 Å². The molecule has 0 aliphatic rings. The summed E-state index contributed by atoms with van der Waals surface area (Å²) in [5.74, 6) is -1.37. The fourth-order valence-corrected chi connectivity index (χ4v) is 4.78. The van der Waals surface area contributed by atoms with E-state index in [0.717, 1.165) is 16.7 Å². The number of carboxylic acid groups (broad SMARTS) is 1. The standard InChI is InChI=1S/C32H33F6NO4/c1-18(2)9-28(23-11-19(3)10-20(4)12-23)39-30(42)27-16-26(7-5-22(27)6-8-29(40)41)43-17-21-13-24(31(33,34)35)15-25(14-21)32(36,37)38/h5,7,10-16,18,28H,6,8-9,17H2,1-4H3,(H,39,42)(H,40,41). The molecule has 0 spiro atoms. The molecule has 0 aromatic heterocycles. The monoisotopic (exact) mass is 609 g/mol. The van der Waals surface area contributed by atoms with Crippen molar-refractivity contribution >= 4 is 11.9 Å². The minimum atomic E-state index is -5.00. The van der Waals surface area contributed by atoms with Crippen LogP contribution in [0, 0.1) is 19.8 Å². The fourth-order valence-electron chi connectivity index (χ4n) is 4.78. The average Bonchev–Trinajstić information content (AvgIpc) is 2.88. The quantitative estimate of drug-likeness (QED) is 0.214. The molecule has 0 saturated heterocycles. The van der Waals surface area contributed by atoms with Crippen molar-refractivity contribution in [3.05, 3.63) is 99.1 Å². The maximum atomic E-state index is 13.6. The third kappa shape index (κ3) is 9.76. The maximum absolute atomic E-state index is 13.6. The molecule has 43 heavy (non-hydrogen) atoms. The highest BCUT2D eigenvalue weighted by atomic mass is 19.4. The van der Waals surface area contributed by atoms with Crippen LogP contribution in [0.5, 0.6) is 5.75 Å². The second-order valence-electron chi connectivity index (χ2n) is 11.0. The minimum Gasteiger partial charge on any atom is -0.489 e. The summed E-state index contributed by atoms with van der Waals surface area (Å²) >= 11 is 0. The van der Waals surface area contributed by atoms with Crippen molar-refractivity contribution in [2.45, 2.75) is 72.0 Å². The third-order valence-corrected chi connectivity index (χ3v) is 6.65. The number of nitrogens with one attached hydrogen (secondary N) is 1. The summed E-state index contributed by atoms with van der Waals surface area (Å²) in [5.41, 5.74) is 0.114. The Hall–Kier alpha value is -4.02. The molecule has 1 amide bonds. The van der Waals surface area contributed by atoms with Crippen molar-refractivity contribution in [2.24, 2.45) is 5.92 Å². The number of carboxylic acids is 1. The summed E-state index contributed by atoms with van der Waals surface area (Å²) in [4.78, 5) is 24.9. The largest absolute Gasteiger partial charge is 0.489 e. The van der Waals surface area contributed by atoms with Gasteiger partial charge in [0.25, 0.3) is 5.91 Å². The normalized spacial score (nSPS) is 12.7. The second kappa shape index (κ2) is 13.5. The summed E-state index contributed by atoms with van der Waals surface area (Å²) in [5, 5.41) is 12.2. The van der Waals surface area contributed by atoms with Gasteiger partial charge in [-0.2, -0.15) is 26.3 Å². The van der Waals surface area contributed by atoms with Gasteiger partial charge in [0, 0.05) is 12.0 Å². The van der Waals surface area contributed by atoms with E-state index >= 15 is 0 Å². The first-order valence-corrected chi connectivity index (χ1v) is 13.6. The molecule has 0 aliphatic heterocycles. The van der Waals surface area contributed by atoms with E-state index < -0.39 is 42.0 Å². The van der Waals surface area contributed by atoms with E-state index in [1.807, 2.05) is 45.9 Å². The van der Waals surface area contributed by atoms with Gasteiger partial charge in [-0.05, 0) is 79.6 Å². The Morgan fingerprint density at radius 3 is 1.95 bits per heavy atom. The first kappa shape index (κ1) is 33.5. The maximum Gasteiger partial charge on any atom is 0.416 e. The number of aliphatic carboxylic acids is 1. The number of hydrogen-bond donors (Lipinski definition) is 2. The first-order valence-electron chi connectivity index (χ1n) is 13.6. The molecule has 0 fully saturated rings. The molecule has 2 N–H and O–H groups in total. The highest BCUT2D eigenvalue weighted by Crippen LogP contribution is 2.36. The van der Waals surface area contributed by atoms with Crippen molar-refractivity contribution in [2.75, 3.05) is 0 Å². The third-order valence-electron chi connectivity index (χ3n) is 6.65. The van der Waals surface area contributed by atoms with Crippen molar-refractivity contribution < 1.29 is 45.8 Å². The Labute approximate surface area is 245 Å². The number of halogens is 6. The van der Waals surface area contributed by atoms with Crippen LogP contribution in [0.1, 0.15) is 82.0 Å². The molecule has 11 heteroatoms. The van der Waals surface area contributed by atoms with E-state index in [-0.39, 0.29) is 47.7 Å². The number of benzene rings is 3. The Balaban J connectivity index is 1.94. The van der Waals surface area contributed by atoms with E-state index in [1.165, 1.54) is 18.2 Å². The SMILES string of the molecule is Cc1cc(C)cc(C(CC(C)C)NC(=O)c2cc(OCc3cc(C(F)(F)F)cc(C(F)(F)F)c3)ccc2CCC(=O)O)c1. The number of aryl methyl sites for hydroxylation is 3. The molecule has 3 aromatic carbocycles. The molecule has 232 valence electrons. The number of ether oxygens (including phenoxy) is 1. The highest BCUT2D eigenvalue weighted by molar-refractivity contribution is 5.96. The highest BCUT2D eigenvalue weighted by Gasteiger charge is 2.37. The molecule has 0 bridgehead atoms. The van der Waals surface area contributed by atoms with Crippen molar-refractivity contribution in [3.63, 3.8) is 0 Å². The lowest BCUT2D eigenvalue weighted by Gasteiger charge is -2.23. The molecule has 3 rings (SSSR count). The van der Waals surface area contributed by atoms with Gasteiger partial charge in [-0.1, -0.05) is 49.2 Å². The summed E-state index contributed by atoms with van der Waals surface area (Å²) < 4.78 is 85.2. The van der Waals surface area contributed by atoms with E-state index in [2.05, 4.69) is 5.32 Å². The van der Waals surface area contributed by atoms with Gasteiger partial charge in [0.2, 0.25) is 0 Å². The van der Waals surface area contributed by atoms with Gasteiger partial charge in [-0.25, -0.2) is 0 Å². The molecule has 1 atom stereocenters. The Morgan fingerprint density at radius 2 is 1.44 bits per heavy atom. The van der Waals surface area contributed by atoms with E-state index in [4.69, 9.17) is 4.74 Å². The van der Waals surface area contributed by atoms with Gasteiger partial charge < -0.3 is 15.2 Å². The van der Waals surface area contributed by atoms with E-state index in [9.17, 15) is 41.0 Å². The van der Waals surface area contributed by atoms with Gasteiger partial charge in [-0.15, -0.1) is 0 Å².